The van der Waals surface area contributed by atoms with Crippen LogP contribution in [0.15, 0.2) is 132 Å². The molecule has 6 aromatic rings. The number of fused-ring (bicyclic) bond motifs is 1. The largest absolute Gasteiger partial charge is 0.0719 e. The average molecular weight is 1080 g/mol. The summed E-state index contributed by atoms with van der Waals surface area (Å²) in [6.45, 7) is 67.4. The van der Waals surface area contributed by atoms with E-state index in [0.717, 1.165) is 0 Å². The molecular weight excluding hydrogens is 973 g/mol. The molecule has 0 unspecified atom stereocenters. The van der Waals surface area contributed by atoms with Gasteiger partial charge in [-0.3, -0.25) is 0 Å². The van der Waals surface area contributed by atoms with Gasteiger partial charge in [-0.1, -0.05) is 288 Å². The second-order valence-corrected chi connectivity index (χ2v) is 33.0. The van der Waals surface area contributed by atoms with Gasteiger partial charge in [0.1, 0.15) is 0 Å². The number of rotatable bonds is 6. The van der Waals surface area contributed by atoms with Gasteiger partial charge < -0.3 is 0 Å². The van der Waals surface area contributed by atoms with Crippen LogP contribution >= 0.6 is 0 Å². The van der Waals surface area contributed by atoms with Crippen molar-refractivity contribution >= 4 is 22.3 Å². The van der Waals surface area contributed by atoms with Crippen LogP contribution < -0.4 is 0 Å². The molecular formula is C81H104. The van der Waals surface area contributed by atoms with Gasteiger partial charge in [-0.05, 0) is 205 Å². The van der Waals surface area contributed by atoms with Gasteiger partial charge in [0.15, 0.2) is 0 Å². The summed E-state index contributed by atoms with van der Waals surface area (Å²) in [6.07, 6.45) is 5.18. The van der Waals surface area contributed by atoms with Gasteiger partial charge in [0.05, 0.1) is 5.41 Å². The highest BCUT2D eigenvalue weighted by Gasteiger charge is 2.53. The van der Waals surface area contributed by atoms with E-state index in [4.69, 9.17) is 0 Å². The zero-order valence-corrected chi connectivity index (χ0v) is 56.0. The topological polar surface area (TPSA) is 0 Å². The van der Waals surface area contributed by atoms with Gasteiger partial charge in [-0.15, -0.1) is 0 Å². The van der Waals surface area contributed by atoms with Crippen LogP contribution in [0.2, 0.25) is 0 Å². The Bertz CT molecular complexity index is 3520. The van der Waals surface area contributed by atoms with Gasteiger partial charge >= 0.3 is 0 Å². The van der Waals surface area contributed by atoms with E-state index in [1.807, 2.05) is 0 Å². The molecule has 2 aliphatic rings. The minimum Gasteiger partial charge on any atom is -0.0622 e. The Morgan fingerprint density at radius 3 is 0.815 bits per heavy atom. The van der Waals surface area contributed by atoms with Gasteiger partial charge in [0.2, 0.25) is 0 Å². The number of aryl methyl sites for hydroxylation is 4. The van der Waals surface area contributed by atoms with E-state index < -0.39 is 5.41 Å². The minimum atomic E-state index is -0.818. The number of hydrogen-bond acceptors (Lipinski definition) is 0. The highest BCUT2D eigenvalue weighted by Crippen LogP contribution is 2.66. The van der Waals surface area contributed by atoms with Crippen LogP contribution in [-0.4, -0.2) is 0 Å². The minimum absolute atomic E-state index is 0.0429. The first kappa shape index (κ1) is 61.4. The van der Waals surface area contributed by atoms with E-state index in [-0.39, 0.29) is 43.3 Å². The smallest absolute Gasteiger partial charge is 0.0622 e. The van der Waals surface area contributed by atoms with Crippen LogP contribution in [0.25, 0.3) is 22.3 Å². The Morgan fingerprint density at radius 1 is 0.259 bits per heavy atom. The van der Waals surface area contributed by atoms with Crippen LogP contribution in [0.1, 0.15) is 266 Å². The lowest BCUT2D eigenvalue weighted by Gasteiger charge is -2.45. The van der Waals surface area contributed by atoms with Crippen LogP contribution in [0.4, 0.5) is 0 Å². The molecule has 0 bridgehead atoms. The highest BCUT2D eigenvalue weighted by atomic mass is 14.5. The molecule has 428 valence electrons. The molecule has 0 saturated carbocycles. The van der Waals surface area contributed by atoms with Crippen molar-refractivity contribution in [3.05, 3.63) is 233 Å². The Morgan fingerprint density at radius 2 is 0.519 bits per heavy atom. The summed E-state index contributed by atoms with van der Waals surface area (Å²) in [5.74, 6) is 0. The maximum absolute atomic E-state index is 2.64. The molecule has 0 radical (unpaired) electrons. The van der Waals surface area contributed by atoms with Gasteiger partial charge in [0, 0.05) is 0 Å². The first-order valence-electron chi connectivity index (χ1n) is 30.6. The van der Waals surface area contributed by atoms with Crippen molar-refractivity contribution in [2.24, 2.45) is 0 Å². The zero-order chi connectivity index (χ0) is 60.5. The van der Waals surface area contributed by atoms with Crippen LogP contribution in [0.5, 0.6) is 0 Å². The Balaban J connectivity index is 1.82. The van der Waals surface area contributed by atoms with Crippen LogP contribution in [-0.2, 0) is 48.7 Å². The third kappa shape index (κ3) is 11.1. The Labute approximate surface area is 494 Å². The molecule has 0 atom stereocenters. The molecule has 0 spiro atoms. The zero-order valence-electron chi connectivity index (χ0n) is 56.0. The third-order valence-corrected chi connectivity index (χ3v) is 17.9. The van der Waals surface area contributed by atoms with Crippen molar-refractivity contribution in [2.45, 2.75) is 243 Å². The standard InChI is InChI=1S/C81H104/c1-49-41-56(65(77(17,18)19)45-61(49)73(5,6)7)60-40-39-55-69(57-42-50(2)62(74(8,9)10)46-66(57)78(20,21)22)70(58-43-51(3)63(75(11,12)13)47-67(58)79(23,24)25)71(59-44-52(4)64(76(14,15)16)48-68(59)80(26,27)28)72(55)81(60,53-35-31-29-32-36-53)54-37-33-30-34-38-54/h29-48H,1-28H3. The second-order valence-electron chi connectivity index (χ2n) is 33.0. The lowest BCUT2D eigenvalue weighted by atomic mass is 9.56. The lowest BCUT2D eigenvalue weighted by Crippen LogP contribution is -2.36. The highest BCUT2D eigenvalue weighted by molar-refractivity contribution is 6.28. The number of allylic oxidation sites excluding steroid dienone is 8. The molecule has 2 aliphatic carbocycles. The van der Waals surface area contributed by atoms with Gasteiger partial charge in [-0.25, -0.2) is 0 Å². The first-order valence-corrected chi connectivity index (χ1v) is 30.6. The van der Waals surface area contributed by atoms with Crippen molar-refractivity contribution in [1.82, 2.24) is 0 Å². The van der Waals surface area contributed by atoms with E-state index >= 15 is 0 Å². The van der Waals surface area contributed by atoms with E-state index in [0.29, 0.717) is 0 Å². The number of benzene rings is 6. The molecule has 0 nitrogen and oxygen atoms in total. The van der Waals surface area contributed by atoms with Crippen molar-refractivity contribution in [1.29, 1.82) is 0 Å². The molecule has 0 aliphatic heterocycles. The third-order valence-electron chi connectivity index (χ3n) is 17.9. The Hall–Kier alpha value is -5.72. The fourth-order valence-electron chi connectivity index (χ4n) is 14.3. The summed E-state index contributed by atoms with van der Waals surface area (Å²) in [7, 11) is 0. The molecule has 0 heteroatoms. The van der Waals surface area contributed by atoms with Crippen LogP contribution in [0, 0.1) is 27.7 Å². The maximum atomic E-state index is 2.64. The average Bonchev–Trinajstić information content (AvgIpc) is 3.29. The molecule has 6 aromatic carbocycles. The van der Waals surface area contributed by atoms with Gasteiger partial charge in [-0.2, -0.15) is 0 Å². The van der Waals surface area contributed by atoms with Gasteiger partial charge in [0.25, 0.3) is 0 Å². The molecule has 81 heavy (non-hydrogen) atoms. The second kappa shape index (κ2) is 20.3. The SMILES string of the molecule is Cc1cc(C2=CC=C3C(c4cc(C)c(C(C)(C)C)cc4C(C)(C)C)=C(c4cc(C)c(C(C)(C)C)cc4C(C)(C)C)C(c4cc(C)c(C(C)(C)C)cc4C(C)(C)C)=C3C2(c2ccccc2)c2ccccc2)c(C(C)(C)C)cc1C(C)(C)C. The summed E-state index contributed by atoms with van der Waals surface area (Å²) in [5.41, 5.74) is 30.4. The normalized spacial score (nSPS) is 15.8. The fraction of sp³-hybridized carbons (Fsp3) is 0.457. The maximum Gasteiger partial charge on any atom is 0.0719 e. The molecule has 0 fully saturated rings. The fourth-order valence-corrected chi connectivity index (χ4v) is 14.3. The van der Waals surface area contributed by atoms with Crippen molar-refractivity contribution in [3.8, 4) is 0 Å². The van der Waals surface area contributed by atoms with E-state index in [9.17, 15) is 0 Å². The quantitative estimate of drug-likeness (QED) is 0.156. The summed E-state index contributed by atoms with van der Waals surface area (Å²) in [6, 6.07) is 44.3. The predicted octanol–water partition coefficient (Wildman–Crippen LogP) is 22.7. The van der Waals surface area contributed by atoms with Crippen molar-refractivity contribution in [2.75, 3.05) is 0 Å². The summed E-state index contributed by atoms with van der Waals surface area (Å²) in [4.78, 5) is 0. The van der Waals surface area contributed by atoms with E-state index in [2.05, 4.69) is 315 Å². The predicted molar refractivity (Wildman–Crippen MR) is 358 cm³/mol. The first-order chi connectivity index (χ1) is 36.9. The lowest BCUT2D eigenvalue weighted by molar-refractivity contribution is 0.563. The molecule has 0 N–H and O–H groups in total. The molecule has 0 heterocycles. The Kier molecular flexibility index (Phi) is 15.4. The van der Waals surface area contributed by atoms with E-state index in [1.165, 1.54) is 134 Å². The summed E-state index contributed by atoms with van der Waals surface area (Å²) < 4.78 is 0. The molecule has 8 rings (SSSR count). The van der Waals surface area contributed by atoms with Crippen molar-refractivity contribution in [3.63, 3.8) is 0 Å². The molecule has 0 amide bonds. The summed E-state index contributed by atoms with van der Waals surface area (Å²) >= 11 is 0. The van der Waals surface area contributed by atoms with Crippen molar-refractivity contribution < 1.29 is 0 Å². The molecule has 0 saturated heterocycles. The van der Waals surface area contributed by atoms with Crippen LogP contribution in [0.3, 0.4) is 0 Å². The monoisotopic (exact) mass is 1080 g/mol. The summed E-state index contributed by atoms with van der Waals surface area (Å²) in [5, 5.41) is 0. The van der Waals surface area contributed by atoms with E-state index in [1.54, 1.807) is 0 Å². The number of hydrogen-bond donors (Lipinski definition) is 0. The molecule has 0 aromatic heterocycles.